The summed E-state index contributed by atoms with van der Waals surface area (Å²) in [6, 6.07) is 0. The summed E-state index contributed by atoms with van der Waals surface area (Å²) in [6.45, 7) is 1.63. The number of alkyl halides is 1. The van der Waals surface area contributed by atoms with Crippen LogP contribution in [0.5, 0.6) is 0 Å². The normalized spacial score (nSPS) is 10.2. The fourth-order valence-electron chi connectivity index (χ4n) is 0.593. The molecule has 0 aromatic rings. The number of rotatable bonds is 5. The van der Waals surface area contributed by atoms with Crippen LogP contribution in [0.15, 0.2) is 0 Å². The topological polar surface area (TPSA) is 32.3 Å². The highest BCUT2D eigenvalue weighted by molar-refractivity contribution is 9.09. The fraction of sp³-hybridized carbons (Fsp3) is 0.857. The predicted molar refractivity (Wildman–Crippen MR) is 50.0 cm³/mol. The number of carbonyl (C=O) groups excluding carboxylic acids is 1. The standard InChI is InChI=1S/C7H15BrN2O/c1-10(2)6-5-9-7(11)3-4-8/h3-6H2,1-2H3,(H,9,11). The molecule has 0 saturated heterocycles. The molecule has 4 heteroatoms. The van der Waals surface area contributed by atoms with Gasteiger partial charge in [0.15, 0.2) is 0 Å². The monoisotopic (exact) mass is 222 g/mol. The van der Waals surface area contributed by atoms with E-state index >= 15 is 0 Å². The van der Waals surface area contributed by atoms with E-state index < -0.39 is 0 Å². The number of nitrogens with zero attached hydrogens (tertiary/aromatic N) is 1. The minimum Gasteiger partial charge on any atom is -0.355 e. The van der Waals surface area contributed by atoms with Crippen LogP contribution in [0.2, 0.25) is 0 Å². The Bertz CT molecular complexity index is 117. The highest BCUT2D eigenvalue weighted by Gasteiger charge is 1.97. The Balaban J connectivity index is 3.17. The average Bonchev–Trinajstić information content (AvgIpc) is 1.87. The van der Waals surface area contributed by atoms with Gasteiger partial charge in [-0.05, 0) is 14.1 Å². The lowest BCUT2D eigenvalue weighted by Crippen LogP contribution is -2.31. The van der Waals surface area contributed by atoms with Crippen LogP contribution < -0.4 is 5.32 Å². The molecule has 0 saturated carbocycles. The summed E-state index contributed by atoms with van der Waals surface area (Å²) in [5, 5.41) is 3.54. The zero-order chi connectivity index (χ0) is 8.69. The number of hydrogen-bond acceptors (Lipinski definition) is 2. The second kappa shape index (κ2) is 6.61. The first kappa shape index (κ1) is 10.9. The molecule has 0 atom stereocenters. The smallest absolute Gasteiger partial charge is 0.220 e. The number of carbonyl (C=O) groups is 1. The van der Waals surface area contributed by atoms with Crippen LogP contribution in [0.4, 0.5) is 0 Å². The van der Waals surface area contributed by atoms with E-state index in [9.17, 15) is 4.79 Å². The second-order valence-electron chi connectivity index (χ2n) is 2.59. The Morgan fingerprint density at radius 1 is 1.55 bits per heavy atom. The van der Waals surface area contributed by atoms with Crippen molar-refractivity contribution in [2.24, 2.45) is 0 Å². The molecular formula is C7H15BrN2O. The number of nitrogens with one attached hydrogen (secondary N) is 1. The molecule has 0 aliphatic carbocycles. The van der Waals surface area contributed by atoms with Gasteiger partial charge < -0.3 is 10.2 Å². The van der Waals surface area contributed by atoms with Gasteiger partial charge in [0.1, 0.15) is 0 Å². The van der Waals surface area contributed by atoms with Crippen LogP contribution in [-0.2, 0) is 4.79 Å². The quantitative estimate of drug-likeness (QED) is 0.686. The lowest BCUT2D eigenvalue weighted by atomic mass is 10.4. The molecule has 0 aromatic carbocycles. The number of amides is 1. The fourth-order valence-corrected chi connectivity index (χ4v) is 0.953. The van der Waals surface area contributed by atoms with Crippen molar-refractivity contribution in [3.8, 4) is 0 Å². The first-order valence-electron chi connectivity index (χ1n) is 3.64. The van der Waals surface area contributed by atoms with E-state index in [0.717, 1.165) is 18.4 Å². The molecule has 3 nitrogen and oxygen atoms in total. The summed E-state index contributed by atoms with van der Waals surface area (Å²) in [7, 11) is 3.97. The van der Waals surface area contributed by atoms with Crippen molar-refractivity contribution in [3.05, 3.63) is 0 Å². The Kier molecular flexibility index (Phi) is 6.56. The molecule has 0 rings (SSSR count). The molecule has 0 aliphatic rings. The van der Waals surface area contributed by atoms with Crippen molar-refractivity contribution in [1.82, 2.24) is 10.2 Å². The van der Waals surface area contributed by atoms with Gasteiger partial charge in [0.05, 0.1) is 0 Å². The van der Waals surface area contributed by atoms with Gasteiger partial charge in [-0.3, -0.25) is 4.79 Å². The zero-order valence-electron chi connectivity index (χ0n) is 7.06. The van der Waals surface area contributed by atoms with Crippen LogP contribution in [0.3, 0.4) is 0 Å². The molecule has 66 valence electrons. The first-order valence-corrected chi connectivity index (χ1v) is 4.76. The Morgan fingerprint density at radius 2 is 2.18 bits per heavy atom. The van der Waals surface area contributed by atoms with Crippen LogP contribution in [0.25, 0.3) is 0 Å². The van der Waals surface area contributed by atoms with Crippen molar-refractivity contribution < 1.29 is 4.79 Å². The molecule has 11 heavy (non-hydrogen) atoms. The van der Waals surface area contributed by atoms with Gasteiger partial charge in [0.25, 0.3) is 0 Å². The molecule has 1 N–H and O–H groups in total. The van der Waals surface area contributed by atoms with Gasteiger partial charge in [-0.25, -0.2) is 0 Å². The van der Waals surface area contributed by atoms with Gasteiger partial charge >= 0.3 is 0 Å². The largest absolute Gasteiger partial charge is 0.355 e. The Morgan fingerprint density at radius 3 is 2.64 bits per heavy atom. The van der Waals surface area contributed by atoms with Crippen LogP contribution >= 0.6 is 15.9 Å². The van der Waals surface area contributed by atoms with Crippen LogP contribution in [0.1, 0.15) is 6.42 Å². The van der Waals surface area contributed by atoms with Crippen LogP contribution in [0, 0.1) is 0 Å². The van der Waals surface area contributed by atoms with Gasteiger partial charge in [0.2, 0.25) is 5.91 Å². The van der Waals surface area contributed by atoms with E-state index in [0.29, 0.717) is 6.42 Å². The number of halogens is 1. The SMILES string of the molecule is CN(C)CCNC(=O)CCBr. The van der Waals surface area contributed by atoms with E-state index in [1.165, 1.54) is 0 Å². The van der Waals surface area contributed by atoms with E-state index in [1.807, 2.05) is 19.0 Å². The third-order valence-electron chi connectivity index (χ3n) is 1.20. The predicted octanol–water partition coefficient (Wildman–Crippen LogP) is 0.449. The molecule has 1 amide bonds. The summed E-state index contributed by atoms with van der Waals surface area (Å²) >= 11 is 3.20. The van der Waals surface area contributed by atoms with Crippen molar-refractivity contribution in [2.45, 2.75) is 6.42 Å². The highest BCUT2D eigenvalue weighted by Crippen LogP contribution is 1.86. The van der Waals surface area contributed by atoms with Crippen molar-refractivity contribution >= 4 is 21.8 Å². The molecule has 0 unspecified atom stereocenters. The van der Waals surface area contributed by atoms with E-state index in [1.54, 1.807) is 0 Å². The Hall–Kier alpha value is -0.0900. The van der Waals surface area contributed by atoms with E-state index in [4.69, 9.17) is 0 Å². The maximum atomic E-state index is 10.9. The summed E-state index contributed by atoms with van der Waals surface area (Å²) in [5.74, 6) is 0.115. The first-order chi connectivity index (χ1) is 5.16. The minimum absolute atomic E-state index is 0.115. The molecular weight excluding hydrogens is 208 g/mol. The van der Waals surface area contributed by atoms with Crippen molar-refractivity contribution in [2.75, 3.05) is 32.5 Å². The molecule has 0 spiro atoms. The lowest BCUT2D eigenvalue weighted by Gasteiger charge is -2.09. The van der Waals surface area contributed by atoms with Gasteiger partial charge in [-0.1, -0.05) is 15.9 Å². The molecule has 0 bridgehead atoms. The minimum atomic E-state index is 0.115. The lowest BCUT2D eigenvalue weighted by molar-refractivity contribution is -0.120. The van der Waals surface area contributed by atoms with Crippen LogP contribution in [-0.4, -0.2) is 43.3 Å². The van der Waals surface area contributed by atoms with Gasteiger partial charge in [0, 0.05) is 24.8 Å². The summed E-state index contributed by atoms with van der Waals surface area (Å²) in [4.78, 5) is 12.9. The van der Waals surface area contributed by atoms with Gasteiger partial charge in [-0.2, -0.15) is 0 Å². The number of likely N-dealkylation sites (N-methyl/N-ethyl adjacent to an activating group) is 1. The third kappa shape index (κ3) is 7.81. The molecule has 0 aromatic heterocycles. The average molecular weight is 223 g/mol. The number of hydrogen-bond donors (Lipinski definition) is 1. The maximum absolute atomic E-state index is 10.9. The Labute approximate surface area is 76.3 Å². The molecule has 0 aliphatic heterocycles. The zero-order valence-corrected chi connectivity index (χ0v) is 8.65. The third-order valence-corrected chi connectivity index (χ3v) is 1.60. The van der Waals surface area contributed by atoms with Crippen molar-refractivity contribution in [1.29, 1.82) is 0 Å². The molecule has 0 heterocycles. The second-order valence-corrected chi connectivity index (χ2v) is 3.39. The molecule has 0 radical (unpaired) electrons. The summed E-state index contributed by atoms with van der Waals surface area (Å²) < 4.78 is 0. The summed E-state index contributed by atoms with van der Waals surface area (Å²) in [5.41, 5.74) is 0. The summed E-state index contributed by atoms with van der Waals surface area (Å²) in [6.07, 6.45) is 0.563. The maximum Gasteiger partial charge on any atom is 0.220 e. The van der Waals surface area contributed by atoms with Crippen molar-refractivity contribution in [3.63, 3.8) is 0 Å². The highest BCUT2D eigenvalue weighted by atomic mass is 79.9. The van der Waals surface area contributed by atoms with Gasteiger partial charge in [-0.15, -0.1) is 0 Å². The van der Waals surface area contributed by atoms with E-state index in [-0.39, 0.29) is 5.91 Å². The van der Waals surface area contributed by atoms with E-state index in [2.05, 4.69) is 21.2 Å². The molecule has 0 fully saturated rings.